The minimum absolute atomic E-state index is 0.344. The number of carbonyl (C=O) groups is 2. The molecular weight excluding hydrogens is 252 g/mol. The third-order valence-corrected chi connectivity index (χ3v) is 3.34. The van der Waals surface area contributed by atoms with E-state index in [0.29, 0.717) is 5.56 Å². The van der Waals surface area contributed by atoms with E-state index in [-0.39, 0.29) is 11.8 Å². The highest BCUT2D eigenvalue weighted by atomic mass is 16.2. The topological polar surface area (TPSA) is 58.2 Å². The van der Waals surface area contributed by atoms with Gasteiger partial charge in [-0.15, -0.1) is 0 Å². The van der Waals surface area contributed by atoms with Crippen LogP contribution in [0.1, 0.15) is 49.4 Å². The minimum atomic E-state index is -0.358. The van der Waals surface area contributed by atoms with Crippen molar-refractivity contribution in [3.8, 4) is 0 Å². The molecule has 20 heavy (non-hydrogen) atoms. The van der Waals surface area contributed by atoms with Crippen LogP contribution >= 0.6 is 0 Å². The summed E-state index contributed by atoms with van der Waals surface area (Å²) in [5.41, 5.74) is 0.493. The molecule has 0 bridgehead atoms. The molecule has 2 amide bonds. The zero-order valence-electron chi connectivity index (χ0n) is 12.3. The second-order valence-corrected chi connectivity index (χ2v) is 5.00. The van der Waals surface area contributed by atoms with E-state index in [1.807, 2.05) is 6.07 Å². The van der Waals surface area contributed by atoms with Gasteiger partial charge in [0.1, 0.15) is 0 Å². The number of imide groups is 1. The fraction of sp³-hybridized carbons (Fsp3) is 0.500. The Kier molecular flexibility index (Phi) is 7.58. The Morgan fingerprint density at radius 2 is 1.65 bits per heavy atom. The van der Waals surface area contributed by atoms with Crippen molar-refractivity contribution in [2.75, 3.05) is 7.05 Å². The molecule has 0 aliphatic heterocycles. The smallest absolute Gasteiger partial charge is 0.257 e. The molecule has 2 N–H and O–H groups in total. The third-order valence-electron chi connectivity index (χ3n) is 3.34. The van der Waals surface area contributed by atoms with Gasteiger partial charge in [-0.1, -0.05) is 37.5 Å². The molecule has 0 spiro atoms. The Hall–Kier alpha value is -1.68. The second-order valence-electron chi connectivity index (χ2n) is 5.00. The van der Waals surface area contributed by atoms with Crippen LogP contribution in [-0.4, -0.2) is 24.9 Å². The molecule has 1 aromatic rings. The van der Waals surface area contributed by atoms with Crippen LogP contribution in [0.4, 0.5) is 0 Å². The first kappa shape index (κ1) is 16.4. The van der Waals surface area contributed by atoms with Gasteiger partial charge in [0.15, 0.2) is 0 Å². The lowest BCUT2D eigenvalue weighted by atomic mass is 9.96. The molecule has 0 unspecified atom stereocenters. The number of hydrogen-bond acceptors (Lipinski definition) is 3. The van der Waals surface area contributed by atoms with Crippen LogP contribution in [0.2, 0.25) is 0 Å². The highest BCUT2D eigenvalue weighted by molar-refractivity contribution is 6.03. The SMILES string of the molecule is CC(=O)NC(=O)c1ccccc1.CNC1CCCCC1. The van der Waals surface area contributed by atoms with Crippen LogP contribution < -0.4 is 10.6 Å². The first-order valence-corrected chi connectivity index (χ1v) is 7.17. The van der Waals surface area contributed by atoms with E-state index in [1.165, 1.54) is 39.0 Å². The van der Waals surface area contributed by atoms with Gasteiger partial charge >= 0.3 is 0 Å². The molecule has 2 rings (SSSR count). The monoisotopic (exact) mass is 276 g/mol. The average Bonchev–Trinajstić information content (AvgIpc) is 2.49. The van der Waals surface area contributed by atoms with E-state index in [9.17, 15) is 9.59 Å². The van der Waals surface area contributed by atoms with E-state index in [1.54, 1.807) is 24.3 Å². The predicted octanol–water partition coefficient (Wildman–Crippen LogP) is 2.50. The molecule has 1 fully saturated rings. The molecule has 1 saturated carbocycles. The van der Waals surface area contributed by atoms with Crippen molar-refractivity contribution in [2.45, 2.75) is 45.1 Å². The summed E-state index contributed by atoms with van der Waals surface area (Å²) >= 11 is 0. The Morgan fingerprint density at radius 1 is 1.05 bits per heavy atom. The maximum absolute atomic E-state index is 11.1. The lowest BCUT2D eigenvalue weighted by Gasteiger charge is -2.20. The molecule has 110 valence electrons. The third kappa shape index (κ3) is 6.48. The first-order chi connectivity index (χ1) is 9.63. The normalized spacial score (nSPS) is 14.9. The van der Waals surface area contributed by atoms with Gasteiger partial charge in [0.2, 0.25) is 5.91 Å². The number of nitrogens with one attached hydrogen (secondary N) is 2. The zero-order chi connectivity index (χ0) is 14.8. The van der Waals surface area contributed by atoms with E-state index < -0.39 is 0 Å². The summed E-state index contributed by atoms with van der Waals surface area (Å²) in [6.45, 7) is 1.31. The molecule has 0 atom stereocenters. The van der Waals surface area contributed by atoms with Gasteiger partial charge in [-0.2, -0.15) is 0 Å². The van der Waals surface area contributed by atoms with Gasteiger partial charge in [0.05, 0.1) is 0 Å². The summed E-state index contributed by atoms with van der Waals surface area (Å²) in [4.78, 5) is 21.6. The number of amides is 2. The summed E-state index contributed by atoms with van der Waals surface area (Å²) in [6, 6.07) is 9.44. The lowest BCUT2D eigenvalue weighted by Crippen LogP contribution is -2.27. The number of hydrogen-bond donors (Lipinski definition) is 2. The molecule has 0 heterocycles. The van der Waals surface area contributed by atoms with Gasteiger partial charge in [0, 0.05) is 18.5 Å². The Labute approximate surface area is 121 Å². The standard InChI is InChI=1S/C9H9NO2.C7H15N/c1-7(11)10-9(12)8-5-3-2-4-6-8;1-8-7-5-3-2-4-6-7/h2-6H,1H3,(H,10,11,12);7-8H,2-6H2,1H3. The number of benzene rings is 1. The maximum atomic E-state index is 11.1. The molecule has 0 aromatic heterocycles. The van der Waals surface area contributed by atoms with Gasteiger partial charge in [0.25, 0.3) is 5.91 Å². The van der Waals surface area contributed by atoms with Crippen molar-refractivity contribution in [1.82, 2.24) is 10.6 Å². The van der Waals surface area contributed by atoms with E-state index in [2.05, 4.69) is 17.7 Å². The summed E-state index contributed by atoms with van der Waals surface area (Å²) in [6.07, 6.45) is 7.13. The minimum Gasteiger partial charge on any atom is -0.317 e. The molecule has 1 aromatic carbocycles. The van der Waals surface area contributed by atoms with Gasteiger partial charge in [-0.25, -0.2) is 0 Å². The Bertz CT molecular complexity index is 412. The number of rotatable bonds is 2. The van der Waals surface area contributed by atoms with E-state index in [0.717, 1.165) is 6.04 Å². The van der Waals surface area contributed by atoms with Crippen LogP contribution in [0.5, 0.6) is 0 Å². The molecule has 0 radical (unpaired) electrons. The molecule has 0 saturated heterocycles. The second kappa shape index (κ2) is 9.26. The summed E-state index contributed by atoms with van der Waals surface area (Å²) in [7, 11) is 2.07. The zero-order valence-corrected chi connectivity index (χ0v) is 12.3. The Morgan fingerprint density at radius 3 is 2.10 bits per heavy atom. The molecule has 4 heteroatoms. The highest BCUT2D eigenvalue weighted by Gasteiger charge is 2.09. The lowest BCUT2D eigenvalue weighted by molar-refractivity contribution is -0.118. The molecular formula is C16H24N2O2. The van der Waals surface area contributed by atoms with Crippen molar-refractivity contribution < 1.29 is 9.59 Å². The van der Waals surface area contributed by atoms with Crippen LogP contribution in [0.25, 0.3) is 0 Å². The van der Waals surface area contributed by atoms with Crippen molar-refractivity contribution in [2.24, 2.45) is 0 Å². The quantitative estimate of drug-likeness (QED) is 0.872. The summed E-state index contributed by atoms with van der Waals surface area (Å²) in [5.74, 6) is -0.702. The van der Waals surface area contributed by atoms with Crippen molar-refractivity contribution in [3.05, 3.63) is 35.9 Å². The van der Waals surface area contributed by atoms with Gasteiger partial charge in [-0.05, 0) is 32.0 Å². The highest BCUT2D eigenvalue weighted by Crippen LogP contribution is 2.16. The van der Waals surface area contributed by atoms with Crippen LogP contribution in [0.3, 0.4) is 0 Å². The largest absolute Gasteiger partial charge is 0.317 e. The first-order valence-electron chi connectivity index (χ1n) is 7.17. The van der Waals surface area contributed by atoms with Crippen LogP contribution in [0, 0.1) is 0 Å². The summed E-state index contributed by atoms with van der Waals surface area (Å²) < 4.78 is 0. The van der Waals surface area contributed by atoms with Crippen LogP contribution in [0.15, 0.2) is 30.3 Å². The van der Waals surface area contributed by atoms with E-state index >= 15 is 0 Å². The van der Waals surface area contributed by atoms with Gasteiger partial charge in [-0.3, -0.25) is 14.9 Å². The van der Waals surface area contributed by atoms with Gasteiger partial charge < -0.3 is 5.32 Å². The fourth-order valence-corrected chi connectivity index (χ4v) is 2.21. The van der Waals surface area contributed by atoms with Crippen LogP contribution in [-0.2, 0) is 4.79 Å². The van der Waals surface area contributed by atoms with Crippen molar-refractivity contribution in [3.63, 3.8) is 0 Å². The molecule has 4 nitrogen and oxygen atoms in total. The van der Waals surface area contributed by atoms with E-state index in [4.69, 9.17) is 0 Å². The average molecular weight is 276 g/mol. The van der Waals surface area contributed by atoms with Crippen molar-refractivity contribution >= 4 is 11.8 Å². The fourth-order valence-electron chi connectivity index (χ4n) is 2.21. The maximum Gasteiger partial charge on any atom is 0.257 e. The molecule has 1 aliphatic rings. The summed E-state index contributed by atoms with van der Waals surface area (Å²) in [5, 5.41) is 5.49. The number of carbonyl (C=O) groups excluding carboxylic acids is 2. The Balaban J connectivity index is 0.000000217. The predicted molar refractivity (Wildman–Crippen MR) is 80.5 cm³/mol. The molecule has 1 aliphatic carbocycles. The van der Waals surface area contributed by atoms with Crippen molar-refractivity contribution in [1.29, 1.82) is 0 Å².